The van der Waals surface area contributed by atoms with E-state index in [1.807, 2.05) is 0 Å². The fraction of sp³-hybridized carbons (Fsp3) is 0.750. The fourth-order valence-electron chi connectivity index (χ4n) is 1.31. The molecule has 0 saturated carbocycles. The number of rotatable bonds is 3. The molecule has 0 aromatic heterocycles. The molecule has 5 heteroatoms. The fourth-order valence-corrected chi connectivity index (χ4v) is 1.31. The maximum absolute atomic E-state index is 11.2. The summed E-state index contributed by atoms with van der Waals surface area (Å²) in [4.78, 5) is 23.5. The molecule has 0 aliphatic carbocycles. The number of nitrogens with zero attached hydrogens (tertiary/aromatic N) is 1. The lowest BCUT2D eigenvalue weighted by Gasteiger charge is -2.19. The van der Waals surface area contributed by atoms with E-state index in [0.29, 0.717) is 19.4 Å². The van der Waals surface area contributed by atoms with E-state index in [4.69, 9.17) is 10.5 Å². The van der Waals surface area contributed by atoms with Gasteiger partial charge in [0.2, 0.25) is 5.91 Å². The monoisotopic (exact) mass is 186 g/mol. The zero-order valence-electron chi connectivity index (χ0n) is 7.66. The second kappa shape index (κ2) is 4.23. The lowest BCUT2D eigenvalue weighted by molar-refractivity contribution is -0.148. The number of ether oxygens (including phenoxy) is 1. The van der Waals surface area contributed by atoms with E-state index < -0.39 is 5.97 Å². The quantitative estimate of drug-likeness (QED) is 0.600. The Labute approximate surface area is 76.8 Å². The minimum Gasteiger partial charge on any atom is -0.465 e. The standard InChI is InChI=1S/C8H14N2O3/c1-2-13-8(12)5-10-6(9)3-4-7(10)11/h6H,2-5,9H2,1H3. The molecule has 0 bridgehead atoms. The van der Waals surface area contributed by atoms with Gasteiger partial charge in [0.1, 0.15) is 6.54 Å². The molecule has 1 aliphatic heterocycles. The zero-order valence-corrected chi connectivity index (χ0v) is 7.66. The molecule has 0 aromatic carbocycles. The summed E-state index contributed by atoms with van der Waals surface area (Å²) in [7, 11) is 0. The Morgan fingerprint density at radius 2 is 2.46 bits per heavy atom. The van der Waals surface area contributed by atoms with E-state index in [1.54, 1.807) is 6.92 Å². The second-order valence-electron chi connectivity index (χ2n) is 2.93. The number of esters is 1. The van der Waals surface area contributed by atoms with E-state index in [2.05, 4.69) is 0 Å². The smallest absolute Gasteiger partial charge is 0.325 e. The Bertz CT molecular complexity index is 217. The predicted molar refractivity (Wildman–Crippen MR) is 45.6 cm³/mol. The molecule has 1 unspecified atom stereocenters. The molecule has 1 saturated heterocycles. The number of carbonyl (C=O) groups is 2. The molecule has 1 aliphatic rings. The van der Waals surface area contributed by atoms with Gasteiger partial charge in [0.05, 0.1) is 12.8 Å². The number of nitrogens with two attached hydrogens (primary N) is 1. The Morgan fingerprint density at radius 3 is 2.92 bits per heavy atom. The van der Waals surface area contributed by atoms with Crippen molar-refractivity contribution in [3.05, 3.63) is 0 Å². The van der Waals surface area contributed by atoms with Crippen LogP contribution in [0.5, 0.6) is 0 Å². The summed E-state index contributed by atoms with van der Waals surface area (Å²) in [5.41, 5.74) is 5.61. The first-order valence-corrected chi connectivity index (χ1v) is 4.35. The summed E-state index contributed by atoms with van der Waals surface area (Å²) in [6.45, 7) is 2.04. The minimum absolute atomic E-state index is 0.0200. The molecule has 1 fully saturated rings. The third-order valence-electron chi connectivity index (χ3n) is 1.98. The Balaban J connectivity index is 2.43. The van der Waals surface area contributed by atoms with Crippen molar-refractivity contribution in [2.24, 2.45) is 5.73 Å². The first-order chi connectivity index (χ1) is 6.15. The highest BCUT2D eigenvalue weighted by molar-refractivity contribution is 5.83. The van der Waals surface area contributed by atoms with Gasteiger partial charge in [-0.2, -0.15) is 0 Å². The van der Waals surface area contributed by atoms with Crippen LogP contribution in [0.4, 0.5) is 0 Å². The highest BCUT2D eigenvalue weighted by Gasteiger charge is 2.29. The molecule has 0 radical (unpaired) electrons. The van der Waals surface area contributed by atoms with Gasteiger partial charge in [-0.3, -0.25) is 9.59 Å². The lowest BCUT2D eigenvalue weighted by Crippen LogP contribution is -2.42. The van der Waals surface area contributed by atoms with Crippen molar-refractivity contribution in [2.75, 3.05) is 13.2 Å². The zero-order chi connectivity index (χ0) is 9.84. The van der Waals surface area contributed by atoms with Gasteiger partial charge in [-0.05, 0) is 13.3 Å². The molecule has 1 heterocycles. The molecule has 0 aromatic rings. The summed E-state index contributed by atoms with van der Waals surface area (Å²) < 4.78 is 4.71. The molecule has 1 rings (SSSR count). The molecule has 2 N–H and O–H groups in total. The number of hydrogen-bond donors (Lipinski definition) is 1. The largest absolute Gasteiger partial charge is 0.465 e. The molecular weight excluding hydrogens is 172 g/mol. The van der Waals surface area contributed by atoms with Crippen LogP contribution >= 0.6 is 0 Å². The molecule has 1 atom stereocenters. The lowest BCUT2D eigenvalue weighted by atomic mass is 10.3. The number of carbonyl (C=O) groups excluding carboxylic acids is 2. The minimum atomic E-state index is -0.395. The summed E-state index contributed by atoms with van der Waals surface area (Å²) >= 11 is 0. The van der Waals surface area contributed by atoms with Crippen LogP contribution in [-0.4, -0.2) is 36.1 Å². The topological polar surface area (TPSA) is 72.6 Å². The first-order valence-electron chi connectivity index (χ1n) is 4.35. The van der Waals surface area contributed by atoms with Gasteiger partial charge in [0.25, 0.3) is 0 Å². The van der Waals surface area contributed by atoms with Gasteiger partial charge in [0, 0.05) is 6.42 Å². The molecule has 0 spiro atoms. The Morgan fingerprint density at radius 1 is 1.77 bits per heavy atom. The Kier molecular flexibility index (Phi) is 3.25. The van der Waals surface area contributed by atoms with Crippen LogP contribution < -0.4 is 5.73 Å². The first kappa shape index (κ1) is 9.98. The Hall–Kier alpha value is -1.10. The molecule has 74 valence electrons. The van der Waals surface area contributed by atoms with Crippen LogP contribution in [0.15, 0.2) is 0 Å². The van der Waals surface area contributed by atoms with Gasteiger partial charge >= 0.3 is 5.97 Å². The van der Waals surface area contributed by atoms with Crippen molar-refractivity contribution in [1.29, 1.82) is 0 Å². The van der Waals surface area contributed by atoms with E-state index in [1.165, 1.54) is 4.90 Å². The maximum atomic E-state index is 11.2. The van der Waals surface area contributed by atoms with Crippen molar-refractivity contribution in [3.63, 3.8) is 0 Å². The van der Waals surface area contributed by atoms with E-state index >= 15 is 0 Å². The average Bonchev–Trinajstić information content (AvgIpc) is 2.36. The van der Waals surface area contributed by atoms with Crippen molar-refractivity contribution in [1.82, 2.24) is 4.90 Å². The number of likely N-dealkylation sites (tertiary alicyclic amines) is 1. The van der Waals surface area contributed by atoms with Crippen LogP contribution in [-0.2, 0) is 14.3 Å². The summed E-state index contributed by atoms with van der Waals surface area (Å²) in [6.07, 6.45) is 0.732. The van der Waals surface area contributed by atoms with Crippen molar-refractivity contribution in [2.45, 2.75) is 25.9 Å². The molecule has 13 heavy (non-hydrogen) atoms. The molecule has 5 nitrogen and oxygen atoms in total. The van der Waals surface area contributed by atoms with E-state index in [0.717, 1.165) is 0 Å². The van der Waals surface area contributed by atoms with Gasteiger partial charge in [0.15, 0.2) is 0 Å². The van der Waals surface area contributed by atoms with Gasteiger partial charge in [-0.25, -0.2) is 0 Å². The highest BCUT2D eigenvalue weighted by atomic mass is 16.5. The summed E-state index contributed by atoms with van der Waals surface area (Å²) in [5.74, 6) is -0.464. The number of hydrogen-bond acceptors (Lipinski definition) is 4. The van der Waals surface area contributed by atoms with Gasteiger partial charge < -0.3 is 15.4 Å². The van der Waals surface area contributed by atoms with E-state index in [-0.39, 0.29) is 18.6 Å². The van der Waals surface area contributed by atoms with Crippen LogP contribution in [0.3, 0.4) is 0 Å². The van der Waals surface area contributed by atoms with Crippen molar-refractivity contribution >= 4 is 11.9 Å². The highest BCUT2D eigenvalue weighted by Crippen LogP contribution is 2.13. The van der Waals surface area contributed by atoms with Crippen molar-refractivity contribution < 1.29 is 14.3 Å². The molecular formula is C8H14N2O3. The number of amides is 1. The third kappa shape index (κ3) is 2.42. The normalized spacial score (nSPS) is 22.2. The van der Waals surface area contributed by atoms with Gasteiger partial charge in [-0.1, -0.05) is 0 Å². The summed E-state index contributed by atoms with van der Waals surface area (Å²) in [5, 5.41) is 0. The summed E-state index contributed by atoms with van der Waals surface area (Å²) in [6, 6.07) is 0. The van der Waals surface area contributed by atoms with E-state index in [9.17, 15) is 9.59 Å². The van der Waals surface area contributed by atoms with Gasteiger partial charge in [-0.15, -0.1) is 0 Å². The van der Waals surface area contributed by atoms with Crippen LogP contribution in [0.25, 0.3) is 0 Å². The average molecular weight is 186 g/mol. The second-order valence-corrected chi connectivity index (χ2v) is 2.93. The van der Waals surface area contributed by atoms with Crippen LogP contribution in [0.2, 0.25) is 0 Å². The van der Waals surface area contributed by atoms with Crippen LogP contribution in [0, 0.1) is 0 Å². The predicted octanol–water partition coefficient (Wildman–Crippen LogP) is -0.543. The van der Waals surface area contributed by atoms with Crippen LogP contribution in [0.1, 0.15) is 19.8 Å². The maximum Gasteiger partial charge on any atom is 0.325 e. The third-order valence-corrected chi connectivity index (χ3v) is 1.98. The molecule has 1 amide bonds. The SMILES string of the molecule is CCOC(=O)CN1C(=O)CCC1N. The van der Waals surface area contributed by atoms with Crippen molar-refractivity contribution in [3.8, 4) is 0 Å².